The van der Waals surface area contributed by atoms with Gasteiger partial charge in [-0.05, 0) is 77.1 Å². The van der Waals surface area contributed by atoms with E-state index in [1.165, 1.54) is 39.9 Å². The Labute approximate surface area is 305 Å². The van der Waals surface area contributed by atoms with Crippen LogP contribution in [0.5, 0.6) is 0 Å². The van der Waals surface area contributed by atoms with Gasteiger partial charge < -0.3 is 25.8 Å². The van der Waals surface area contributed by atoms with E-state index >= 15 is 0 Å². The molecule has 0 radical (unpaired) electrons. The molecule has 2 aromatic carbocycles. The Bertz CT molecular complexity index is 1680. The van der Waals surface area contributed by atoms with Crippen molar-refractivity contribution in [3.8, 4) is 0 Å². The van der Waals surface area contributed by atoms with Crippen LogP contribution < -0.4 is 16.0 Å². The number of carbonyl (C=O) groups is 2. The highest BCUT2D eigenvalue weighted by Gasteiger charge is 2.36. The lowest BCUT2D eigenvalue weighted by atomic mass is 9.99. The van der Waals surface area contributed by atoms with E-state index in [4.69, 9.17) is 4.74 Å². The Hall–Kier alpha value is -3.76. The number of aryl methyl sites for hydroxylation is 1. The molecule has 280 valence electrons. The number of aliphatic hydroxyl groups is 1. The fourth-order valence-corrected chi connectivity index (χ4v) is 7.81. The van der Waals surface area contributed by atoms with E-state index in [0.717, 1.165) is 10.6 Å². The number of hydrogen-bond acceptors (Lipinski definition) is 10. The van der Waals surface area contributed by atoms with Crippen LogP contribution in [0, 0.1) is 17.7 Å². The number of urea groups is 1. The van der Waals surface area contributed by atoms with Crippen molar-refractivity contribution >= 4 is 33.3 Å². The third-order valence-corrected chi connectivity index (χ3v) is 10.5. The van der Waals surface area contributed by atoms with Gasteiger partial charge in [-0.15, -0.1) is 11.3 Å². The number of carbonyl (C=O) groups excluding carboxylic acids is 2. The number of ether oxygens (including phenoxy) is 1. The molecule has 51 heavy (non-hydrogen) atoms. The summed E-state index contributed by atoms with van der Waals surface area (Å²) in [5.41, 5.74) is 1.40. The van der Waals surface area contributed by atoms with Crippen LogP contribution in [0.25, 0.3) is 0 Å². The fraction of sp³-hybridized carbons (Fsp3) is 0.528. The van der Waals surface area contributed by atoms with E-state index < -0.39 is 57.9 Å². The summed E-state index contributed by atoms with van der Waals surface area (Å²) in [6.07, 6.45) is -1.98. The quantitative estimate of drug-likeness (QED) is 0.130. The Morgan fingerprint density at radius 3 is 2.16 bits per heavy atom. The number of hydrogen-bond donors (Lipinski definition) is 4. The monoisotopic (exact) mass is 744 g/mol. The lowest BCUT2D eigenvalue weighted by Crippen LogP contribution is -2.60. The van der Waals surface area contributed by atoms with E-state index in [1.807, 2.05) is 77.3 Å². The molecule has 0 spiro atoms. The Balaban J connectivity index is 1.91. The first-order valence-corrected chi connectivity index (χ1v) is 19.3. The summed E-state index contributed by atoms with van der Waals surface area (Å²) in [5.74, 6) is -0.706. The van der Waals surface area contributed by atoms with E-state index in [-0.39, 0.29) is 36.9 Å². The minimum absolute atomic E-state index is 0.000820. The van der Waals surface area contributed by atoms with Crippen LogP contribution in [-0.2, 0) is 32.5 Å². The maximum atomic E-state index is 14.1. The molecule has 3 aromatic rings. The Kier molecular flexibility index (Phi) is 15.2. The summed E-state index contributed by atoms with van der Waals surface area (Å²) in [6, 6.07) is 11.9. The van der Waals surface area contributed by atoms with Gasteiger partial charge in [-0.1, -0.05) is 61.5 Å². The van der Waals surface area contributed by atoms with Gasteiger partial charge in [0.25, 0.3) is 0 Å². The van der Waals surface area contributed by atoms with Crippen LogP contribution in [0.3, 0.4) is 0 Å². The smallest absolute Gasteiger partial charge is 0.316 e. The zero-order valence-corrected chi connectivity index (χ0v) is 32.3. The molecule has 5 atom stereocenters. The summed E-state index contributed by atoms with van der Waals surface area (Å²) in [5, 5.41) is 25.8. The van der Waals surface area contributed by atoms with Gasteiger partial charge in [0.2, 0.25) is 15.9 Å². The molecule has 0 saturated heterocycles. The number of rotatable bonds is 18. The number of thiazole rings is 1. The molecule has 3 rings (SSSR count). The molecule has 0 aliphatic heterocycles. The van der Waals surface area contributed by atoms with Crippen LogP contribution in [0.2, 0.25) is 0 Å². The first-order chi connectivity index (χ1) is 23.9. The van der Waals surface area contributed by atoms with Crippen LogP contribution in [0.1, 0.15) is 76.3 Å². The number of benzene rings is 2. The topological polar surface area (TPSA) is 179 Å². The largest absolute Gasteiger partial charge is 0.390 e. The van der Waals surface area contributed by atoms with Crippen molar-refractivity contribution in [2.24, 2.45) is 11.1 Å². The van der Waals surface area contributed by atoms with Crippen LogP contribution >= 0.6 is 11.3 Å². The number of nitrogens with zero attached hydrogens (tertiary/aromatic N) is 3. The second-order valence-corrected chi connectivity index (χ2v) is 17.1. The number of aliphatic hydroxyl groups excluding tert-OH is 1. The van der Waals surface area contributed by atoms with E-state index in [2.05, 4.69) is 26.1 Å². The molecule has 3 amide bonds. The van der Waals surface area contributed by atoms with Gasteiger partial charge in [0, 0.05) is 18.5 Å². The minimum Gasteiger partial charge on any atom is -0.390 e. The summed E-state index contributed by atoms with van der Waals surface area (Å²) in [4.78, 5) is 42.5. The molecule has 13 nitrogen and oxygen atoms in total. The highest BCUT2D eigenvalue weighted by atomic mass is 32.2. The predicted octanol–water partition coefficient (Wildman–Crippen LogP) is 5.09. The molecule has 1 heterocycles. The molecule has 0 bridgehead atoms. The van der Waals surface area contributed by atoms with Crippen LogP contribution in [0.15, 0.2) is 70.0 Å². The number of aromatic nitrogens is 1. The molecular weight excluding hydrogens is 693 g/mol. The van der Waals surface area contributed by atoms with Gasteiger partial charge in [-0.3, -0.25) is 4.79 Å². The molecular formula is C36H52N6O7S2. The van der Waals surface area contributed by atoms with Gasteiger partial charge >= 0.3 is 6.03 Å². The average Bonchev–Trinajstić information content (AvgIpc) is 3.49. The fourth-order valence-electron chi connectivity index (χ4n) is 5.48. The van der Waals surface area contributed by atoms with Crippen molar-refractivity contribution in [1.82, 2.24) is 25.2 Å². The third kappa shape index (κ3) is 13.1. The van der Waals surface area contributed by atoms with Crippen molar-refractivity contribution in [1.29, 1.82) is 0 Å². The zero-order valence-electron chi connectivity index (χ0n) is 30.6. The Morgan fingerprint density at radius 2 is 1.61 bits per heavy atom. The number of nitroso groups, excluding NO2 is 1. The summed E-state index contributed by atoms with van der Waals surface area (Å²) >= 11 is 1.46. The van der Waals surface area contributed by atoms with Crippen LogP contribution in [0.4, 0.5) is 4.79 Å². The van der Waals surface area contributed by atoms with Gasteiger partial charge in [0.15, 0.2) is 0 Å². The SMILES string of the molecule is Cc1nc(C(C)NC(=O)N[C@H](C(=O)N[C@@H](Cc2ccccc2)[C@H](O)CN(CC(C)C)S(=O)(=O)c2ccc(CN=O)cc2)[C@H](C)OC(C)(C)C)cs1. The summed E-state index contributed by atoms with van der Waals surface area (Å²) in [6.45, 7) is 14.3. The maximum absolute atomic E-state index is 14.1. The van der Waals surface area contributed by atoms with E-state index in [0.29, 0.717) is 11.3 Å². The second kappa shape index (κ2) is 18.6. The van der Waals surface area contributed by atoms with Crippen molar-refractivity contribution in [2.75, 3.05) is 13.1 Å². The number of amides is 3. The van der Waals surface area contributed by atoms with Crippen LogP contribution in [-0.4, -0.2) is 77.7 Å². The zero-order chi connectivity index (χ0) is 37.9. The molecule has 15 heteroatoms. The van der Waals surface area contributed by atoms with Crippen molar-refractivity contribution in [2.45, 2.75) is 109 Å². The molecule has 0 fully saturated rings. The van der Waals surface area contributed by atoms with Crippen molar-refractivity contribution in [3.05, 3.63) is 86.7 Å². The Morgan fingerprint density at radius 1 is 0.961 bits per heavy atom. The lowest BCUT2D eigenvalue weighted by molar-refractivity contribution is -0.132. The normalized spacial score (nSPS) is 15.1. The van der Waals surface area contributed by atoms with Gasteiger partial charge in [-0.25, -0.2) is 18.2 Å². The molecule has 0 aliphatic carbocycles. The third-order valence-electron chi connectivity index (χ3n) is 7.86. The second-order valence-electron chi connectivity index (χ2n) is 14.1. The number of nitrogens with one attached hydrogen (secondary N) is 3. The van der Waals surface area contributed by atoms with Gasteiger partial charge in [-0.2, -0.15) is 9.21 Å². The lowest BCUT2D eigenvalue weighted by Gasteiger charge is -2.34. The molecule has 0 aliphatic rings. The standard InChI is InChI=1S/C36H52N6O7S2/c1-23(2)20-42(51(47,48)29-16-14-28(15-17-29)19-37-46)21-32(43)30(18-27-12-10-9-11-13-27)40-34(44)33(25(4)49-36(6,7)8)41-35(45)38-24(3)31-22-50-26(5)39-31/h9-17,22-25,30,32-33,43H,18-21H2,1-8H3,(H,40,44)(H2,38,41,45)/t24?,25-,30-,32+,33-/m0/s1. The highest BCUT2D eigenvalue weighted by Crippen LogP contribution is 2.21. The molecule has 4 N–H and O–H groups in total. The predicted molar refractivity (Wildman–Crippen MR) is 199 cm³/mol. The summed E-state index contributed by atoms with van der Waals surface area (Å²) in [7, 11) is -4.09. The van der Waals surface area contributed by atoms with E-state index in [9.17, 15) is 28.0 Å². The maximum Gasteiger partial charge on any atom is 0.316 e. The first kappa shape index (κ1) is 41.7. The van der Waals surface area contributed by atoms with E-state index in [1.54, 1.807) is 13.8 Å². The van der Waals surface area contributed by atoms with Gasteiger partial charge in [0.1, 0.15) is 12.6 Å². The minimum atomic E-state index is -4.09. The first-order valence-electron chi connectivity index (χ1n) is 17.0. The highest BCUT2D eigenvalue weighted by molar-refractivity contribution is 7.89. The molecule has 1 unspecified atom stereocenters. The number of sulfonamides is 1. The van der Waals surface area contributed by atoms with Crippen molar-refractivity contribution < 1.29 is 27.9 Å². The van der Waals surface area contributed by atoms with Gasteiger partial charge in [0.05, 0.1) is 45.5 Å². The summed E-state index contributed by atoms with van der Waals surface area (Å²) < 4.78 is 35.1. The van der Waals surface area contributed by atoms with Crippen molar-refractivity contribution in [3.63, 3.8) is 0 Å². The molecule has 1 aromatic heterocycles. The molecule has 0 saturated carbocycles. The average molecular weight is 745 g/mol.